The van der Waals surface area contributed by atoms with Crippen LogP contribution in [0.3, 0.4) is 0 Å². The molecule has 0 aliphatic carbocycles. The molecule has 10 rings (SSSR count). The fourth-order valence-electron chi connectivity index (χ4n) is 7.65. The smallest absolute Gasteiger partial charge is 0.138 e. The molecule has 0 bridgehead atoms. The number of aryl methyl sites for hydroxylation is 1. The van der Waals surface area contributed by atoms with Crippen LogP contribution < -0.4 is 15.0 Å². The van der Waals surface area contributed by atoms with E-state index in [-0.39, 0.29) is 0 Å². The quantitative estimate of drug-likeness (QED) is 0.166. The second kappa shape index (κ2) is 13.1. The Bertz CT molecular complexity index is 2800. The molecule has 54 heavy (non-hydrogen) atoms. The maximum atomic E-state index is 6.59. The Kier molecular flexibility index (Phi) is 7.67. The van der Waals surface area contributed by atoms with Gasteiger partial charge in [0, 0.05) is 34.0 Å². The van der Waals surface area contributed by atoms with Crippen molar-refractivity contribution in [1.29, 1.82) is 0 Å². The molecular formula is C48H35N5O. The van der Waals surface area contributed by atoms with Crippen LogP contribution in [0, 0.1) is 6.92 Å². The van der Waals surface area contributed by atoms with E-state index in [4.69, 9.17) is 9.92 Å². The predicted molar refractivity (Wildman–Crippen MR) is 222 cm³/mol. The highest BCUT2D eigenvalue weighted by molar-refractivity contribution is 6.10. The number of para-hydroxylation sites is 5. The van der Waals surface area contributed by atoms with Crippen molar-refractivity contribution in [3.8, 4) is 16.9 Å². The van der Waals surface area contributed by atoms with Crippen LogP contribution in [0.25, 0.3) is 38.8 Å². The van der Waals surface area contributed by atoms with Gasteiger partial charge in [0.05, 0.1) is 33.8 Å². The van der Waals surface area contributed by atoms with Gasteiger partial charge in [0.25, 0.3) is 0 Å². The summed E-state index contributed by atoms with van der Waals surface area (Å²) in [6, 6.07) is 65.6. The lowest BCUT2D eigenvalue weighted by Gasteiger charge is -2.27. The van der Waals surface area contributed by atoms with E-state index in [1.807, 2.05) is 46.7 Å². The average molecular weight is 698 g/mol. The van der Waals surface area contributed by atoms with Crippen LogP contribution in [0.1, 0.15) is 5.56 Å². The van der Waals surface area contributed by atoms with E-state index in [0.717, 1.165) is 62.2 Å². The monoisotopic (exact) mass is 697 g/mol. The van der Waals surface area contributed by atoms with Crippen molar-refractivity contribution in [2.24, 2.45) is 0 Å². The van der Waals surface area contributed by atoms with E-state index >= 15 is 0 Å². The topological polar surface area (TPSA) is 36.8 Å². The Labute approximate surface area is 313 Å². The molecule has 0 saturated carbocycles. The van der Waals surface area contributed by atoms with Crippen LogP contribution in [-0.4, -0.2) is 9.55 Å². The molecular weight excluding hydrogens is 663 g/mol. The number of hydrogen-bond acceptors (Lipinski definition) is 5. The first-order valence-corrected chi connectivity index (χ1v) is 18.1. The van der Waals surface area contributed by atoms with Crippen LogP contribution in [0.2, 0.25) is 0 Å². The van der Waals surface area contributed by atoms with E-state index in [1.54, 1.807) is 0 Å². The average Bonchev–Trinajstić information content (AvgIpc) is 3.78. The Morgan fingerprint density at radius 2 is 1.11 bits per heavy atom. The standard InChI is InChI=1S/C48H35N5O/c1-34-15-8-9-22-41(34)35-29-30-49-48(31-35)51-44-24-11-10-23-42(44)43-28-27-39(33-47(43)51)50(36-16-4-2-5-17-36)38-20-14-21-40(32-38)53-46-26-13-12-25-45(46)52(54-53)37-18-6-3-7-19-37/h2-33H,1H3. The van der Waals surface area contributed by atoms with Crippen molar-refractivity contribution in [2.75, 3.05) is 15.0 Å². The first kappa shape index (κ1) is 31.6. The molecule has 0 amide bonds. The van der Waals surface area contributed by atoms with Crippen LogP contribution in [0.5, 0.6) is 0 Å². The first-order valence-electron chi connectivity index (χ1n) is 18.1. The highest BCUT2D eigenvalue weighted by Crippen LogP contribution is 2.47. The zero-order valence-electron chi connectivity index (χ0n) is 29.6. The summed E-state index contributed by atoms with van der Waals surface area (Å²) in [5.41, 5.74) is 12.6. The Hall–Kier alpha value is -7.15. The molecule has 6 nitrogen and oxygen atoms in total. The summed E-state index contributed by atoms with van der Waals surface area (Å²) in [5.74, 6) is 0.875. The lowest BCUT2D eigenvalue weighted by atomic mass is 10.0. The van der Waals surface area contributed by atoms with Crippen molar-refractivity contribution in [3.63, 3.8) is 0 Å². The number of hydrogen-bond donors (Lipinski definition) is 0. The third kappa shape index (κ3) is 5.36. The maximum absolute atomic E-state index is 6.59. The lowest BCUT2D eigenvalue weighted by Crippen LogP contribution is -2.21. The Morgan fingerprint density at radius 3 is 1.93 bits per heavy atom. The summed E-state index contributed by atoms with van der Waals surface area (Å²) in [5, 5.41) is 6.14. The van der Waals surface area contributed by atoms with E-state index in [1.165, 1.54) is 21.9 Å². The summed E-state index contributed by atoms with van der Waals surface area (Å²) in [6.45, 7) is 2.16. The molecule has 1 aliphatic heterocycles. The minimum atomic E-state index is 0.875. The lowest BCUT2D eigenvalue weighted by molar-refractivity contribution is 0.156. The Morgan fingerprint density at radius 1 is 0.481 bits per heavy atom. The normalized spacial score (nSPS) is 12.4. The van der Waals surface area contributed by atoms with Gasteiger partial charge in [-0.25, -0.2) is 4.98 Å². The van der Waals surface area contributed by atoms with Gasteiger partial charge in [0.1, 0.15) is 5.82 Å². The molecule has 258 valence electrons. The summed E-state index contributed by atoms with van der Waals surface area (Å²) < 4.78 is 2.29. The van der Waals surface area contributed by atoms with Crippen LogP contribution in [0.4, 0.5) is 39.8 Å². The molecule has 0 spiro atoms. The summed E-state index contributed by atoms with van der Waals surface area (Å²) >= 11 is 0. The maximum Gasteiger partial charge on any atom is 0.138 e. The molecule has 2 aromatic heterocycles. The van der Waals surface area contributed by atoms with Crippen molar-refractivity contribution in [2.45, 2.75) is 6.92 Å². The van der Waals surface area contributed by atoms with Gasteiger partial charge in [-0.15, -0.1) is 4.94 Å². The van der Waals surface area contributed by atoms with Gasteiger partial charge in [-0.2, -0.15) is 10.1 Å². The third-order valence-corrected chi connectivity index (χ3v) is 10.2. The summed E-state index contributed by atoms with van der Waals surface area (Å²) in [7, 11) is 0. The van der Waals surface area contributed by atoms with Gasteiger partial charge in [-0.05, 0) is 109 Å². The zero-order chi connectivity index (χ0) is 36.0. The minimum absolute atomic E-state index is 0.875. The van der Waals surface area contributed by atoms with E-state index in [2.05, 4.69) is 174 Å². The molecule has 0 radical (unpaired) electrons. The van der Waals surface area contributed by atoms with Crippen LogP contribution >= 0.6 is 0 Å². The van der Waals surface area contributed by atoms with Gasteiger partial charge in [-0.3, -0.25) is 4.57 Å². The fourth-order valence-corrected chi connectivity index (χ4v) is 7.65. The van der Waals surface area contributed by atoms with Crippen LogP contribution in [-0.2, 0) is 4.94 Å². The zero-order valence-corrected chi connectivity index (χ0v) is 29.6. The highest BCUT2D eigenvalue weighted by atomic mass is 16.8. The van der Waals surface area contributed by atoms with E-state index in [9.17, 15) is 0 Å². The van der Waals surface area contributed by atoms with Gasteiger partial charge in [0.15, 0.2) is 0 Å². The van der Waals surface area contributed by atoms with E-state index < -0.39 is 0 Å². The molecule has 7 aromatic carbocycles. The summed E-state index contributed by atoms with van der Waals surface area (Å²) in [4.78, 5) is 13.9. The van der Waals surface area contributed by atoms with Gasteiger partial charge in [0.2, 0.25) is 0 Å². The Balaban J connectivity index is 1.12. The number of fused-ring (bicyclic) bond motifs is 4. The molecule has 0 atom stereocenters. The molecule has 6 heteroatoms. The molecule has 0 N–H and O–H groups in total. The van der Waals surface area contributed by atoms with Crippen molar-refractivity contribution in [3.05, 3.63) is 200 Å². The number of rotatable bonds is 7. The second-order valence-corrected chi connectivity index (χ2v) is 13.5. The molecule has 0 unspecified atom stereocenters. The fraction of sp³-hybridized carbons (Fsp3) is 0.0208. The first-order chi connectivity index (χ1) is 26.7. The number of benzene rings is 7. The number of nitrogens with zero attached hydrogens (tertiary/aromatic N) is 5. The van der Waals surface area contributed by atoms with Crippen molar-refractivity contribution < 1.29 is 4.94 Å². The minimum Gasteiger partial charge on any atom is -0.310 e. The van der Waals surface area contributed by atoms with Gasteiger partial charge < -0.3 is 4.90 Å². The predicted octanol–water partition coefficient (Wildman–Crippen LogP) is 12.8. The van der Waals surface area contributed by atoms with Crippen molar-refractivity contribution >= 4 is 61.6 Å². The number of aromatic nitrogens is 2. The largest absolute Gasteiger partial charge is 0.310 e. The molecule has 9 aromatic rings. The summed E-state index contributed by atoms with van der Waals surface area (Å²) in [6.07, 6.45) is 1.92. The molecule has 3 heterocycles. The SMILES string of the molecule is Cc1ccccc1-c1ccnc(-n2c3ccccc3c3ccc(N(c4ccccc4)c4cccc(N5ON(c6ccccc6)c6ccccc65)c4)cc32)c1. The number of pyridine rings is 1. The van der Waals surface area contributed by atoms with Crippen LogP contribution in [0.15, 0.2) is 194 Å². The van der Waals surface area contributed by atoms with E-state index in [0.29, 0.717) is 0 Å². The number of anilines is 7. The molecule has 0 fully saturated rings. The highest BCUT2D eigenvalue weighted by Gasteiger charge is 2.30. The molecule has 0 saturated heterocycles. The molecule has 1 aliphatic rings. The second-order valence-electron chi connectivity index (χ2n) is 13.5. The van der Waals surface area contributed by atoms with Crippen molar-refractivity contribution in [1.82, 2.24) is 9.55 Å². The van der Waals surface area contributed by atoms with Gasteiger partial charge in [-0.1, -0.05) is 103 Å². The van der Waals surface area contributed by atoms with Gasteiger partial charge >= 0.3 is 0 Å². The third-order valence-electron chi connectivity index (χ3n) is 10.2.